The molecule has 0 saturated carbocycles. The lowest BCUT2D eigenvalue weighted by molar-refractivity contribution is -0.141. The number of aliphatic carboxylic acids is 1. The Kier molecular flexibility index (Phi) is 4.77. The summed E-state index contributed by atoms with van der Waals surface area (Å²) in [6.07, 6.45) is 0.746. The molecule has 5 nitrogen and oxygen atoms in total. The third kappa shape index (κ3) is 3.15. The van der Waals surface area contributed by atoms with E-state index in [1.54, 1.807) is 12.1 Å². The van der Waals surface area contributed by atoms with E-state index in [1.165, 1.54) is 16.7 Å². The van der Waals surface area contributed by atoms with Crippen LogP contribution in [0.2, 0.25) is 0 Å². The molecule has 0 aliphatic carbocycles. The summed E-state index contributed by atoms with van der Waals surface area (Å²) in [6, 6.07) is 6.51. The lowest BCUT2D eigenvalue weighted by Gasteiger charge is -2.27. The highest BCUT2D eigenvalue weighted by Crippen LogP contribution is 2.32. The van der Waals surface area contributed by atoms with Crippen LogP contribution >= 0.6 is 11.8 Å². The number of carboxylic acids is 1. The number of benzene rings is 1. The van der Waals surface area contributed by atoms with Crippen LogP contribution in [0.3, 0.4) is 0 Å². The van der Waals surface area contributed by atoms with Crippen LogP contribution < -0.4 is 4.90 Å². The van der Waals surface area contributed by atoms with Crippen molar-refractivity contribution in [1.82, 2.24) is 4.90 Å². The number of rotatable bonds is 4. The zero-order valence-corrected chi connectivity index (χ0v) is 13.3. The summed E-state index contributed by atoms with van der Waals surface area (Å²) < 4.78 is 0. The molecule has 1 aliphatic heterocycles. The van der Waals surface area contributed by atoms with Crippen molar-refractivity contribution in [1.29, 1.82) is 0 Å². The number of carboxylic acid groups (broad SMARTS) is 1. The van der Waals surface area contributed by atoms with E-state index in [1.807, 2.05) is 38.1 Å². The van der Waals surface area contributed by atoms with E-state index in [2.05, 4.69) is 0 Å². The molecule has 0 spiro atoms. The number of amides is 1. The lowest BCUT2D eigenvalue weighted by atomic mass is 10.1. The number of nitrogens with zero attached hydrogens (tertiary/aromatic N) is 2. The van der Waals surface area contributed by atoms with Gasteiger partial charge in [0, 0.05) is 31.1 Å². The van der Waals surface area contributed by atoms with Crippen LogP contribution in [0.1, 0.15) is 23.7 Å². The fourth-order valence-electron chi connectivity index (χ4n) is 2.39. The molecule has 21 heavy (non-hydrogen) atoms. The Balaban J connectivity index is 2.25. The van der Waals surface area contributed by atoms with Gasteiger partial charge in [0.2, 0.25) is 0 Å². The van der Waals surface area contributed by atoms with Gasteiger partial charge in [0.15, 0.2) is 0 Å². The second-order valence-corrected chi connectivity index (χ2v) is 6.41. The molecular weight excluding hydrogens is 288 g/mol. The molecule has 2 atom stereocenters. The van der Waals surface area contributed by atoms with Gasteiger partial charge in [-0.2, -0.15) is 0 Å². The van der Waals surface area contributed by atoms with Crippen molar-refractivity contribution in [3.8, 4) is 0 Å². The molecule has 1 fully saturated rings. The number of thioether (sulfide) groups is 1. The second kappa shape index (κ2) is 6.39. The van der Waals surface area contributed by atoms with E-state index in [4.69, 9.17) is 0 Å². The third-order valence-corrected chi connectivity index (χ3v) is 5.05. The average Bonchev–Trinajstić information content (AvgIpc) is 2.90. The summed E-state index contributed by atoms with van der Waals surface area (Å²) in [5.41, 5.74) is 1.54. The van der Waals surface area contributed by atoms with Gasteiger partial charge in [-0.25, -0.2) is 4.79 Å². The Labute approximate surface area is 128 Å². The topological polar surface area (TPSA) is 60.9 Å². The Morgan fingerprint density at radius 2 is 1.95 bits per heavy atom. The van der Waals surface area contributed by atoms with E-state index in [9.17, 15) is 14.7 Å². The van der Waals surface area contributed by atoms with Gasteiger partial charge >= 0.3 is 5.97 Å². The van der Waals surface area contributed by atoms with Crippen molar-refractivity contribution in [2.45, 2.75) is 24.8 Å². The maximum Gasteiger partial charge on any atom is 0.327 e. The fraction of sp³-hybridized carbons (Fsp3) is 0.467. The van der Waals surface area contributed by atoms with Crippen LogP contribution in [0.15, 0.2) is 24.3 Å². The first-order chi connectivity index (χ1) is 9.95. The average molecular weight is 308 g/mol. The van der Waals surface area contributed by atoms with Crippen LogP contribution in [-0.2, 0) is 4.79 Å². The summed E-state index contributed by atoms with van der Waals surface area (Å²) in [4.78, 5) is 27.5. The van der Waals surface area contributed by atoms with Crippen LogP contribution in [0, 0.1) is 0 Å². The predicted octanol–water partition coefficient (Wildman–Crippen LogP) is 2.13. The van der Waals surface area contributed by atoms with Crippen LogP contribution in [0.4, 0.5) is 5.69 Å². The van der Waals surface area contributed by atoms with E-state index in [-0.39, 0.29) is 11.3 Å². The zero-order chi connectivity index (χ0) is 15.6. The molecule has 2 rings (SSSR count). The molecule has 1 saturated heterocycles. The van der Waals surface area contributed by atoms with Gasteiger partial charge in [-0.3, -0.25) is 4.79 Å². The molecule has 6 heteroatoms. The first-order valence-corrected chi connectivity index (χ1v) is 7.95. The van der Waals surface area contributed by atoms with E-state index in [0.717, 1.165) is 12.1 Å². The first kappa shape index (κ1) is 15.7. The maximum atomic E-state index is 12.6. The highest BCUT2D eigenvalue weighted by Gasteiger charge is 2.40. The summed E-state index contributed by atoms with van der Waals surface area (Å²) >= 11 is 1.53. The Hall–Kier alpha value is -1.69. The normalized spacial score (nSPS) is 21.4. The van der Waals surface area contributed by atoms with Gasteiger partial charge in [-0.1, -0.05) is 6.92 Å². The Bertz CT molecular complexity index is 530. The molecule has 2 unspecified atom stereocenters. The molecule has 0 radical (unpaired) electrons. The number of hydrogen-bond acceptors (Lipinski definition) is 4. The largest absolute Gasteiger partial charge is 0.480 e. The van der Waals surface area contributed by atoms with Crippen LogP contribution in [0.5, 0.6) is 0 Å². The van der Waals surface area contributed by atoms with E-state index >= 15 is 0 Å². The molecule has 0 aromatic heterocycles. The van der Waals surface area contributed by atoms with Gasteiger partial charge in [-0.05, 0) is 30.7 Å². The second-order valence-electron chi connectivity index (χ2n) is 5.20. The monoisotopic (exact) mass is 308 g/mol. The number of carbonyl (C=O) groups is 2. The van der Waals surface area contributed by atoms with E-state index < -0.39 is 12.0 Å². The minimum absolute atomic E-state index is 0.0628. The zero-order valence-electron chi connectivity index (χ0n) is 12.4. The van der Waals surface area contributed by atoms with Gasteiger partial charge in [-0.15, -0.1) is 11.8 Å². The SMILES string of the molecule is CCC1SCC(C(=O)O)N1C(=O)c1ccc(N(C)C)cc1. The van der Waals surface area contributed by atoms with Crippen molar-refractivity contribution < 1.29 is 14.7 Å². The number of hydrogen-bond donors (Lipinski definition) is 1. The summed E-state index contributed by atoms with van der Waals surface area (Å²) in [5, 5.41) is 9.23. The highest BCUT2D eigenvalue weighted by atomic mass is 32.2. The van der Waals surface area contributed by atoms with Crippen molar-refractivity contribution in [3.63, 3.8) is 0 Å². The smallest absolute Gasteiger partial charge is 0.327 e. The number of carbonyl (C=O) groups excluding carboxylic acids is 1. The van der Waals surface area contributed by atoms with Crippen molar-refractivity contribution >= 4 is 29.3 Å². The molecule has 1 N–H and O–H groups in total. The third-order valence-electron chi connectivity index (χ3n) is 3.59. The Morgan fingerprint density at radius 1 is 1.33 bits per heavy atom. The summed E-state index contributed by atoms with van der Waals surface area (Å²) in [6.45, 7) is 1.97. The van der Waals surface area contributed by atoms with Gasteiger partial charge < -0.3 is 14.9 Å². The lowest BCUT2D eigenvalue weighted by Crippen LogP contribution is -2.45. The minimum Gasteiger partial charge on any atom is -0.480 e. The van der Waals surface area contributed by atoms with Crippen molar-refractivity contribution in [2.75, 3.05) is 24.7 Å². The highest BCUT2D eigenvalue weighted by molar-refractivity contribution is 8.00. The van der Waals surface area contributed by atoms with Gasteiger partial charge in [0.05, 0.1) is 5.37 Å². The standard InChI is InChI=1S/C15H20N2O3S/c1-4-13-17(12(9-21-13)15(19)20)14(18)10-5-7-11(8-6-10)16(2)3/h5-8,12-13H,4,9H2,1-3H3,(H,19,20). The molecular formula is C15H20N2O3S. The molecule has 1 heterocycles. The van der Waals surface area contributed by atoms with Crippen molar-refractivity contribution in [3.05, 3.63) is 29.8 Å². The number of anilines is 1. The summed E-state index contributed by atoms with van der Waals surface area (Å²) in [5.74, 6) is -0.684. The minimum atomic E-state index is -0.934. The van der Waals surface area contributed by atoms with E-state index in [0.29, 0.717) is 11.3 Å². The molecule has 0 bridgehead atoms. The quantitative estimate of drug-likeness (QED) is 0.923. The molecule has 1 aliphatic rings. The maximum absolute atomic E-state index is 12.6. The molecule has 1 aromatic carbocycles. The predicted molar refractivity (Wildman–Crippen MR) is 84.9 cm³/mol. The summed E-state index contributed by atoms with van der Waals surface area (Å²) in [7, 11) is 3.86. The Morgan fingerprint density at radius 3 is 2.43 bits per heavy atom. The van der Waals surface area contributed by atoms with Crippen molar-refractivity contribution in [2.24, 2.45) is 0 Å². The van der Waals surface area contributed by atoms with Gasteiger partial charge in [0.25, 0.3) is 5.91 Å². The van der Waals surface area contributed by atoms with Gasteiger partial charge in [0.1, 0.15) is 6.04 Å². The van der Waals surface area contributed by atoms with Crippen LogP contribution in [-0.4, -0.2) is 53.1 Å². The molecule has 1 amide bonds. The first-order valence-electron chi connectivity index (χ1n) is 6.90. The molecule has 114 valence electrons. The van der Waals surface area contributed by atoms with Crippen LogP contribution in [0.25, 0.3) is 0 Å². The molecule has 1 aromatic rings. The fourth-order valence-corrected chi connectivity index (χ4v) is 3.74.